The Morgan fingerprint density at radius 2 is 1.60 bits per heavy atom. The normalized spacial score (nSPS) is 22.7. The summed E-state index contributed by atoms with van der Waals surface area (Å²) in [4.78, 5) is 27.7. The highest BCUT2D eigenvalue weighted by molar-refractivity contribution is 5.15. The summed E-state index contributed by atoms with van der Waals surface area (Å²) < 4.78 is 14.5. The molecule has 1 heterocycles. The molecule has 6 nitrogen and oxygen atoms in total. The van der Waals surface area contributed by atoms with Crippen molar-refractivity contribution in [2.45, 2.75) is 46.6 Å². The summed E-state index contributed by atoms with van der Waals surface area (Å²) in [6.07, 6.45) is 6.18. The molecule has 0 spiro atoms. The van der Waals surface area contributed by atoms with Gasteiger partial charge >= 0.3 is 5.69 Å². The second kappa shape index (κ2) is 11.0. The van der Waals surface area contributed by atoms with E-state index < -0.39 is 17.3 Å². The van der Waals surface area contributed by atoms with Crippen LogP contribution in [0.2, 0.25) is 0 Å². The van der Waals surface area contributed by atoms with E-state index in [1.807, 2.05) is 60.7 Å². The summed E-state index contributed by atoms with van der Waals surface area (Å²) in [6.45, 7) is 7.23. The van der Waals surface area contributed by atoms with Gasteiger partial charge in [-0.1, -0.05) is 86.7 Å². The molecule has 6 heteroatoms. The Balaban J connectivity index is 1.74. The van der Waals surface area contributed by atoms with Gasteiger partial charge in [-0.25, -0.2) is 4.79 Å². The maximum absolute atomic E-state index is 13.1. The topological polar surface area (TPSA) is 73.3 Å². The van der Waals surface area contributed by atoms with E-state index in [-0.39, 0.29) is 17.4 Å². The number of aromatic nitrogens is 2. The first kappa shape index (κ1) is 24.9. The monoisotopic (exact) mass is 474 g/mol. The smallest absolute Gasteiger partial charge is 0.330 e. The summed E-state index contributed by atoms with van der Waals surface area (Å²) in [7, 11) is 0. The van der Waals surface area contributed by atoms with Crippen LogP contribution in [0.3, 0.4) is 0 Å². The van der Waals surface area contributed by atoms with Gasteiger partial charge in [0.15, 0.2) is 0 Å². The van der Waals surface area contributed by atoms with E-state index in [1.54, 1.807) is 17.7 Å². The number of allylic oxidation sites excluding steroid dienone is 2. The van der Waals surface area contributed by atoms with Gasteiger partial charge < -0.3 is 9.47 Å². The fourth-order valence-electron chi connectivity index (χ4n) is 4.95. The molecule has 1 aromatic heterocycles. The molecule has 1 aliphatic carbocycles. The van der Waals surface area contributed by atoms with Crippen molar-refractivity contribution < 1.29 is 9.47 Å². The average molecular weight is 475 g/mol. The molecular formula is C29H34N2O4. The molecule has 1 aliphatic rings. The van der Waals surface area contributed by atoms with Gasteiger partial charge in [-0.2, -0.15) is 0 Å². The minimum absolute atomic E-state index is 0.0781. The number of H-pyrrole nitrogens is 1. The molecule has 3 aromatic rings. The van der Waals surface area contributed by atoms with Crippen molar-refractivity contribution in [1.29, 1.82) is 0 Å². The first-order chi connectivity index (χ1) is 16.9. The van der Waals surface area contributed by atoms with Crippen LogP contribution in [0.4, 0.5) is 0 Å². The molecule has 0 radical (unpaired) electrons. The number of benzene rings is 2. The zero-order chi connectivity index (χ0) is 24.8. The number of hydrogen-bond donors (Lipinski definition) is 1. The predicted octanol–water partition coefficient (Wildman–Crippen LogP) is 5.00. The van der Waals surface area contributed by atoms with E-state index in [0.29, 0.717) is 25.4 Å². The average Bonchev–Trinajstić information content (AvgIpc) is 2.86. The van der Waals surface area contributed by atoms with Gasteiger partial charge in [0.2, 0.25) is 0 Å². The van der Waals surface area contributed by atoms with Crippen molar-refractivity contribution in [2.75, 3.05) is 6.61 Å². The quantitative estimate of drug-likeness (QED) is 0.443. The van der Waals surface area contributed by atoms with Crippen LogP contribution in [0.1, 0.15) is 43.2 Å². The van der Waals surface area contributed by atoms with Crippen LogP contribution in [0.15, 0.2) is 88.6 Å². The zero-order valence-corrected chi connectivity index (χ0v) is 20.6. The van der Waals surface area contributed by atoms with E-state index >= 15 is 0 Å². The van der Waals surface area contributed by atoms with Crippen LogP contribution in [0.25, 0.3) is 0 Å². The van der Waals surface area contributed by atoms with E-state index in [0.717, 1.165) is 17.5 Å². The Labute approximate surface area is 206 Å². The third-order valence-electron chi connectivity index (χ3n) is 6.96. The van der Waals surface area contributed by atoms with Crippen molar-refractivity contribution in [1.82, 2.24) is 9.55 Å². The summed E-state index contributed by atoms with van der Waals surface area (Å²) >= 11 is 0. The summed E-state index contributed by atoms with van der Waals surface area (Å²) in [6, 6.07) is 20.0. The summed E-state index contributed by atoms with van der Waals surface area (Å²) in [5, 5.41) is 0. The fraction of sp³-hybridized carbons (Fsp3) is 0.379. The maximum atomic E-state index is 13.1. The zero-order valence-electron chi connectivity index (χ0n) is 20.6. The standard InChI is InChI=1S/C29H34N2O4/c1-21-14-15-23(3)29(16-21,20-34-18-24-10-6-4-7-11-24)27(35-19-25-12-8-5-9-13-25)31-17-22(2)26(32)30-28(31)33/h4-15,17,21,23,27H,16,18-20H2,1-3H3,(H,30,32,33)/t21-,23-,27+,29-/m0/s1. The van der Waals surface area contributed by atoms with E-state index in [9.17, 15) is 9.59 Å². The molecule has 1 N–H and O–H groups in total. The lowest BCUT2D eigenvalue weighted by atomic mass is 9.66. The van der Waals surface area contributed by atoms with E-state index in [4.69, 9.17) is 9.47 Å². The van der Waals surface area contributed by atoms with Gasteiger partial charge in [0.05, 0.1) is 19.8 Å². The Kier molecular flexibility index (Phi) is 7.83. The molecule has 184 valence electrons. The minimum atomic E-state index is -0.635. The third kappa shape index (κ3) is 5.72. The molecular weight excluding hydrogens is 440 g/mol. The van der Waals surface area contributed by atoms with E-state index in [1.165, 1.54) is 0 Å². The molecule has 0 aliphatic heterocycles. The minimum Gasteiger partial charge on any atom is -0.376 e. The Bertz CT molecular complexity index is 1250. The van der Waals surface area contributed by atoms with Crippen LogP contribution in [-0.4, -0.2) is 16.2 Å². The summed E-state index contributed by atoms with van der Waals surface area (Å²) in [5.41, 5.74) is 1.19. The first-order valence-electron chi connectivity index (χ1n) is 12.2. The van der Waals surface area contributed by atoms with Crippen LogP contribution in [0, 0.1) is 24.2 Å². The number of aryl methyl sites for hydroxylation is 1. The highest BCUT2D eigenvalue weighted by atomic mass is 16.5. The molecule has 0 fully saturated rings. The second-order valence-electron chi connectivity index (χ2n) is 9.69. The first-order valence-corrected chi connectivity index (χ1v) is 12.2. The number of ether oxygens (including phenoxy) is 2. The summed E-state index contributed by atoms with van der Waals surface area (Å²) in [5.74, 6) is 0.364. The van der Waals surface area contributed by atoms with Crippen LogP contribution >= 0.6 is 0 Å². The predicted molar refractivity (Wildman–Crippen MR) is 137 cm³/mol. The van der Waals surface area contributed by atoms with E-state index in [2.05, 4.69) is 31.0 Å². The fourth-order valence-corrected chi connectivity index (χ4v) is 4.95. The molecule has 2 aromatic carbocycles. The Morgan fingerprint density at radius 1 is 0.971 bits per heavy atom. The van der Waals surface area contributed by atoms with Gasteiger partial charge in [0, 0.05) is 17.2 Å². The SMILES string of the molecule is Cc1cn([C@H](OCc2ccccc2)[C@]2(COCc3ccccc3)C[C@@H](C)C=C[C@@H]2C)c(=O)[nH]c1=O. The lowest BCUT2D eigenvalue weighted by Gasteiger charge is -2.47. The molecule has 0 saturated heterocycles. The Hall–Kier alpha value is -3.22. The van der Waals surface area contributed by atoms with Crippen molar-refractivity contribution in [3.05, 3.63) is 117 Å². The van der Waals surface area contributed by atoms with Crippen LogP contribution in [-0.2, 0) is 22.7 Å². The molecule has 0 bridgehead atoms. The van der Waals surface area contributed by atoms with Crippen LogP contribution in [0.5, 0.6) is 0 Å². The van der Waals surface area contributed by atoms with Crippen molar-refractivity contribution in [3.63, 3.8) is 0 Å². The molecule has 4 rings (SSSR count). The number of hydrogen-bond acceptors (Lipinski definition) is 4. The van der Waals surface area contributed by atoms with Gasteiger partial charge in [0.1, 0.15) is 6.23 Å². The number of aromatic amines is 1. The molecule has 0 saturated carbocycles. The molecule has 0 amide bonds. The second-order valence-corrected chi connectivity index (χ2v) is 9.69. The van der Waals surface area contributed by atoms with Crippen molar-refractivity contribution in [2.24, 2.45) is 17.3 Å². The number of nitrogens with one attached hydrogen (secondary N) is 1. The molecule has 0 unspecified atom stereocenters. The highest BCUT2D eigenvalue weighted by Gasteiger charge is 2.47. The largest absolute Gasteiger partial charge is 0.376 e. The number of nitrogens with zero attached hydrogens (tertiary/aromatic N) is 1. The van der Waals surface area contributed by atoms with Crippen molar-refractivity contribution >= 4 is 0 Å². The highest BCUT2D eigenvalue weighted by Crippen LogP contribution is 2.49. The van der Waals surface area contributed by atoms with Gasteiger partial charge in [-0.3, -0.25) is 14.3 Å². The Morgan fingerprint density at radius 3 is 2.26 bits per heavy atom. The van der Waals surface area contributed by atoms with Gasteiger partial charge in [-0.15, -0.1) is 0 Å². The third-order valence-corrected chi connectivity index (χ3v) is 6.96. The molecule has 4 atom stereocenters. The van der Waals surface area contributed by atoms with Gasteiger partial charge in [-0.05, 0) is 36.3 Å². The lowest BCUT2D eigenvalue weighted by molar-refractivity contribution is -0.158. The lowest BCUT2D eigenvalue weighted by Crippen LogP contribution is -2.49. The van der Waals surface area contributed by atoms with Crippen LogP contribution < -0.4 is 11.2 Å². The molecule has 35 heavy (non-hydrogen) atoms. The maximum Gasteiger partial charge on any atom is 0.330 e. The van der Waals surface area contributed by atoms with Gasteiger partial charge in [0.25, 0.3) is 5.56 Å². The van der Waals surface area contributed by atoms with Crippen molar-refractivity contribution in [3.8, 4) is 0 Å². The number of rotatable bonds is 9.